The summed E-state index contributed by atoms with van der Waals surface area (Å²) in [5.74, 6) is 3.28. The number of aromatic nitrogens is 12. The quantitative estimate of drug-likeness (QED) is 0.127. The molecule has 0 atom stereocenters. The van der Waals surface area contributed by atoms with E-state index in [-0.39, 0.29) is 0 Å². The van der Waals surface area contributed by atoms with Crippen LogP contribution >= 0.6 is 22.7 Å². The van der Waals surface area contributed by atoms with Crippen LogP contribution in [0, 0.1) is 0 Å². The molecular weight excluding hydrogens is 1760 g/mol. The maximum atomic E-state index is 5.33. The van der Waals surface area contributed by atoms with E-state index in [0.29, 0.717) is 29.4 Å². The van der Waals surface area contributed by atoms with Gasteiger partial charge in [0, 0.05) is 150 Å². The van der Waals surface area contributed by atoms with E-state index in [1.807, 2.05) is 95.6 Å². The van der Waals surface area contributed by atoms with E-state index < -0.39 is 0 Å². The lowest BCUT2D eigenvalue weighted by Gasteiger charge is -2.15. The van der Waals surface area contributed by atoms with Gasteiger partial charge in [0.25, 0.3) is 0 Å². The first kappa shape index (κ1) is 80.9. The first-order valence-electron chi connectivity index (χ1n) is 47.4. The van der Waals surface area contributed by atoms with Crippen molar-refractivity contribution in [2.45, 2.75) is 0 Å². The minimum atomic E-state index is 0.641. The zero-order valence-corrected chi connectivity index (χ0v) is 77.3. The number of fused-ring (bicyclic) bond motifs is 25. The van der Waals surface area contributed by atoms with Gasteiger partial charge in [0.1, 0.15) is 0 Å². The summed E-state index contributed by atoms with van der Waals surface area (Å²) >= 11 is 3.72. The molecule has 0 saturated carbocycles. The van der Waals surface area contributed by atoms with Gasteiger partial charge in [-0.3, -0.25) is 9.13 Å². The summed E-state index contributed by atoms with van der Waals surface area (Å²) in [6, 6.07) is 165. The van der Waals surface area contributed by atoms with Crippen LogP contribution < -0.4 is 0 Å². The molecule has 12 nitrogen and oxygen atoms in total. The monoisotopic (exact) mass is 1830 g/mol. The zero-order chi connectivity index (χ0) is 92.7. The Kier molecular flexibility index (Phi) is 19.1. The van der Waals surface area contributed by atoms with Crippen molar-refractivity contribution >= 4 is 194 Å². The van der Waals surface area contributed by atoms with Crippen LogP contribution in [0.3, 0.4) is 0 Å². The van der Waals surface area contributed by atoms with Crippen LogP contribution in [0.1, 0.15) is 0 Å². The fraction of sp³-hybridized carbons (Fsp3) is 0. The third-order valence-electron chi connectivity index (χ3n) is 27.8. The summed E-state index contributed by atoms with van der Waals surface area (Å²) in [5, 5.41) is 20.8. The summed E-state index contributed by atoms with van der Waals surface area (Å²) in [6.45, 7) is 0. The molecule has 0 aliphatic heterocycles. The predicted molar refractivity (Wildman–Crippen MR) is 589 cm³/mol. The van der Waals surface area contributed by atoms with Crippen molar-refractivity contribution < 1.29 is 0 Å². The van der Waals surface area contributed by atoms with Gasteiger partial charge in [0.15, 0.2) is 17.5 Å². The van der Waals surface area contributed by atoms with Crippen molar-refractivity contribution in [3.05, 3.63) is 473 Å². The van der Waals surface area contributed by atoms with Crippen molar-refractivity contribution in [2.75, 3.05) is 0 Å². The Balaban J connectivity index is 0.000000104. The smallest absolute Gasteiger partial charge is 0.235 e. The van der Waals surface area contributed by atoms with Crippen molar-refractivity contribution in [3.63, 3.8) is 0 Å². The number of rotatable bonds is 11. The molecule has 0 aliphatic carbocycles. The minimum Gasteiger partial charge on any atom is -0.309 e. The van der Waals surface area contributed by atoms with Gasteiger partial charge in [0.05, 0.1) is 77.8 Å². The Labute approximate surface area is 815 Å². The first-order valence-corrected chi connectivity index (χ1v) is 49.0. The molecule has 0 radical (unpaired) electrons. The van der Waals surface area contributed by atoms with Crippen LogP contribution in [0.2, 0.25) is 0 Å². The molecule has 30 rings (SSSR count). The Morgan fingerprint density at radius 3 is 1.18 bits per heavy atom. The maximum Gasteiger partial charge on any atom is 0.235 e. The second kappa shape index (κ2) is 33.2. The second-order valence-electron chi connectivity index (χ2n) is 35.7. The predicted octanol–water partition coefficient (Wildman–Crippen LogP) is 33.4. The van der Waals surface area contributed by atoms with Gasteiger partial charge in [-0.25, -0.2) is 34.9 Å². The molecule has 0 amide bonds. The second-order valence-corrected chi connectivity index (χ2v) is 37.8. The largest absolute Gasteiger partial charge is 0.309 e. The van der Waals surface area contributed by atoms with E-state index in [4.69, 9.17) is 34.9 Å². The summed E-state index contributed by atoms with van der Waals surface area (Å²) < 4.78 is 16.9. The summed E-state index contributed by atoms with van der Waals surface area (Å²) in [4.78, 5) is 35.7. The molecule has 0 saturated heterocycles. The van der Waals surface area contributed by atoms with Gasteiger partial charge in [-0.1, -0.05) is 346 Å². The van der Waals surface area contributed by atoms with E-state index in [9.17, 15) is 0 Å². The fourth-order valence-electron chi connectivity index (χ4n) is 21.5. The number of hydrogen-bond acceptors (Lipinski definition) is 9. The van der Waals surface area contributed by atoms with E-state index in [0.717, 1.165) is 117 Å². The Bertz CT molecular complexity index is 10200. The zero-order valence-electron chi connectivity index (χ0n) is 75.7. The molecule has 14 heteroatoms. The van der Waals surface area contributed by atoms with Gasteiger partial charge in [-0.05, 0) is 138 Å². The average molecular weight is 1840 g/mol. The average Bonchev–Trinajstić information content (AvgIpc) is 1.55. The molecule has 658 valence electrons. The normalized spacial score (nSPS) is 11.8. The number of nitrogens with zero attached hydrogens (tertiary/aromatic N) is 12. The number of benzene rings is 20. The van der Waals surface area contributed by atoms with Crippen LogP contribution in [0.4, 0.5) is 0 Å². The highest BCUT2D eigenvalue weighted by atomic mass is 32.1. The van der Waals surface area contributed by atoms with Crippen LogP contribution in [0.5, 0.6) is 0 Å². The van der Waals surface area contributed by atoms with Crippen LogP contribution in [0.15, 0.2) is 473 Å². The molecule has 0 bridgehead atoms. The number of hydrogen-bond donors (Lipinski definition) is 0. The lowest BCUT2D eigenvalue weighted by atomic mass is 10.00. The third kappa shape index (κ3) is 13.4. The minimum absolute atomic E-state index is 0.641. The summed E-state index contributed by atoms with van der Waals surface area (Å²) in [7, 11) is 0. The molecule has 10 heterocycles. The van der Waals surface area contributed by atoms with Gasteiger partial charge in [0.2, 0.25) is 11.9 Å². The Morgan fingerprint density at radius 2 is 0.603 bits per heavy atom. The van der Waals surface area contributed by atoms with E-state index in [1.54, 1.807) is 0 Å². The molecule has 0 unspecified atom stereocenters. The maximum absolute atomic E-state index is 5.33. The molecule has 30 aromatic rings. The molecule has 0 fully saturated rings. The topological polar surface area (TPSA) is 115 Å². The summed E-state index contributed by atoms with van der Waals surface area (Å²) in [5.41, 5.74) is 24.9. The Morgan fingerprint density at radius 1 is 0.191 bits per heavy atom. The van der Waals surface area contributed by atoms with Crippen LogP contribution in [0.25, 0.3) is 268 Å². The van der Waals surface area contributed by atoms with Crippen molar-refractivity contribution in [1.82, 2.24) is 57.7 Å². The lowest BCUT2D eigenvalue weighted by Crippen LogP contribution is -2.03. The molecule has 0 spiro atoms. The van der Waals surface area contributed by atoms with Crippen molar-refractivity contribution in [3.8, 4) is 96.8 Å². The Hall–Kier alpha value is -18.5. The molecule has 0 N–H and O–H groups in total. The van der Waals surface area contributed by atoms with Gasteiger partial charge >= 0.3 is 0 Å². The highest BCUT2D eigenvalue weighted by Crippen LogP contribution is 2.49. The third-order valence-corrected chi connectivity index (χ3v) is 30.2. The fourth-order valence-corrected chi connectivity index (χ4v) is 24.0. The van der Waals surface area contributed by atoms with Crippen LogP contribution in [-0.2, 0) is 0 Å². The molecule has 141 heavy (non-hydrogen) atoms. The molecule has 0 aliphatic rings. The van der Waals surface area contributed by atoms with E-state index >= 15 is 0 Å². The molecular formula is C127H78N12S2. The SMILES string of the molecule is c1ccc(-c2cccc(-c3nc(-n4c5ccccc5c5c6sc7ccccc7c6ccc54)nc4ccccc34)c2)cc1.c1ccc(-c2nc(-c3ccccc3)nc(-c3cccc4c(-n5c6ccccc6c6cc7c8ccccc8n(-c8ccccc8)c7cc65)cccc34)n2)cc1.c1ccc(-n2c3ccccc3c3ccc(-c4ccnc(-n5c6ccccc6c6c7sc8ccccc8c7ccc65)n4)cc32)cc1. The van der Waals surface area contributed by atoms with Gasteiger partial charge in [-0.2, -0.15) is 0 Å². The van der Waals surface area contributed by atoms with Crippen molar-refractivity contribution in [2.24, 2.45) is 0 Å². The number of thiophene rings is 2. The number of para-hydroxylation sites is 8. The molecule has 20 aromatic carbocycles. The van der Waals surface area contributed by atoms with Crippen LogP contribution in [-0.4, -0.2) is 57.7 Å². The van der Waals surface area contributed by atoms with E-state index in [1.165, 1.54) is 122 Å². The van der Waals surface area contributed by atoms with E-state index in [2.05, 4.69) is 423 Å². The highest BCUT2D eigenvalue weighted by molar-refractivity contribution is 7.27. The summed E-state index contributed by atoms with van der Waals surface area (Å²) in [6.07, 6.45) is 1.88. The standard InChI is InChI=1S/C49H31N5.C40H24N4S.C38H23N3S/c1-4-16-32(17-5-1)47-50-48(33-18-6-2-7-19-33)52-49(51-47)39-26-14-25-36-35(39)24-15-29-44(36)54-43-28-13-11-23-38(43)41-30-40-37-22-10-12-27-42(37)53(45(40)31-46(41)54)34-20-8-3-9-21-34;1-2-10-26(11-3-1)43-33-15-7-4-12-27(33)28-19-18-25(24-36(28)43)32-22-23-41-40(42-32)44-34-16-8-5-14-31(34)38-35(44)21-20-30-29-13-6-9-17-37(29)45-39(30)38;1-2-11-24(12-3-1)25-13-10-14-26(23-25)36-29-16-4-7-18-31(29)39-38(40-36)41-32-19-8-5-17-30(32)35-33(41)22-21-28-27-15-6-9-20-34(27)42-37(28)35/h1-31H;1-24H;1-23H. The van der Waals surface area contributed by atoms with Gasteiger partial charge < -0.3 is 13.7 Å². The molecule has 10 aromatic heterocycles. The van der Waals surface area contributed by atoms with Crippen molar-refractivity contribution in [1.29, 1.82) is 0 Å². The highest BCUT2D eigenvalue weighted by Gasteiger charge is 2.27. The lowest BCUT2D eigenvalue weighted by molar-refractivity contribution is 0.992. The first-order chi connectivity index (χ1) is 70.0. The van der Waals surface area contributed by atoms with Gasteiger partial charge in [-0.15, -0.1) is 22.7 Å².